The number of rotatable bonds is 11. The van der Waals surface area contributed by atoms with Crippen LogP contribution in [0.4, 0.5) is 4.39 Å². The third-order valence-electron chi connectivity index (χ3n) is 5.43. The Morgan fingerprint density at radius 3 is 2.29 bits per heavy atom. The standard InChI is InChI=1S/C27H29FN4O3/c1-31(2)15-3-14-29-27(33)20-4-13-26-25(18-20)30-19-32(26)22-7-11-24(12-8-22)35-17-16-34-23-9-5-21(28)6-10-23/h4-13,18-19H,3,14-17H2,1-2H3,(H,29,33). The largest absolute Gasteiger partial charge is 0.490 e. The Kier molecular flexibility index (Phi) is 7.95. The highest BCUT2D eigenvalue weighted by Crippen LogP contribution is 2.22. The van der Waals surface area contributed by atoms with Gasteiger partial charge in [0.2, 0.25) is 0 Å². The van der Waals surface area contributed by atoms with Gasteiger partial charge in [0.1, 0.15) is 36.9 Å². The van der Waals surface area contributed by atoms with Crippen molar-refractivity contribution >= 4 is 16.9 Å². The van der Waals surface area contributed by atoms with Crippen LogP contribution in [-0.4, -0.2) is 60.8 Å². The number of carbonyl (C=O) groups excluding carboxylic acids is 1. The number of nitrogens with one attached hydrogen (secondary N) is 1. The number of imidazole rings is 1. The van der Waals surface area contributed by atoms with Gasteiger partial charge in [-0.2, -0.15) is 0 Å². The Morgan fingerprint density at radius 2 is 1.63 bits per heavy atom. The molecule has 7 nitrogen and oxygen atoms in total. The van der Waals surface area contributed by atoms with E-state index in [4.69, 9.17) is 9.47 Å². The molecule has 0 spiro atoms. The average Bonchev–Trinajstić information content (AvgIpc) is 3.29. The van der Waals surface area contributed by atoms with Crippen molar-refractivity contribution in [2.45, 2.75) is 6.42 Å². The van der Waals surface area contributed by atoms with Crippen molar-refractivity contribution in [3.05, 3.63) is 84.4 Å². The minimum atomic E-state index is -0.295. The number of ether oxygens (including phenoxy) is 2. The van der Waals surface area contributed by atoms with Crippen molar-refractivity contribution in [1.82, 2.24) is 19.8 Å². The van der Waals surface area contributed by atoms with Gasteiger partial charge >= 0.3 is 0 Å². The maximum absolute atomic E-state index is 12.9. The van der Waals surface area contributed by atoms with Crippen LogP contribution < -0.4 is 14.8 Å². The zero-order valence-electron chi connectivity index (χ0n) is 19.9. The summed E-state index contributed by atoms with van der Waals surface area (Å²) in [5, 5.41) is 2.96. The van der Waals surface area contributed by atoms with Crippen molar-refractivity contribution in [3.63, 3.8) is 0 Å². The van der Waals surface area contributed by atoms with E-state index >= 15 is 0 Å². The molecule has 0 bridgehead atoms. The van der Waals surface area contributed by atoms with Crippen LogP contribution >= 0.6 is 0 Å². The third kappa shape index (κ3) is 6.58. The SMILES string of the molecule is CN(C)CCCNC(=O)c1ccc2c(c1)ncn2-c1ccc(OCCOc2ccc(F)cc2)cc1. The molecule has 0 saturated carbocycles. The number of halogens is 1. The van der Waals surface area contributed by atoms with E-state index in [2.05, 4.69) is 15.2 Å². The molecule has 0 fully saturated rings. The van der Waals surface area contributed by atoms with E-state index in [1.807, 2.05) is 61.1 Å². The van der Waals surface area contributed by atoms with E-state index in [-0.39, 0.29) is 11.7 Å². The number of hydrogen-bond acceptors (Lipinski definition) is 5. The number of hydrogen-bond donors (Lipinski definition) is 1. The first-order valence-electron chi connectivity index (χ1n) is 11.5. The van der Waals surface area contributed by atoms with Crippen LogP contribution in [0.3, 0.4) is 0 Å². The van der Waals surface area contributed by atoms with Gasteiger partial charge in [0.15, 0.2) is 0 Å². The van der Waals surface area contributed by atoms with E-state index in [1.54, 1.807) is 18.5 Å². The predicted molar refractivity (Wildman–Crippen MR) is 134 cm³/mol. The first kappa shape index (κ1) is 24.2. The van der Waals surface area contributed by atoms with E-state index in [1.165, 1.54) is 12.1 Å². The number of nitrogens with zero attached hydrogens (tertiary/aromatic N) is 3. The summed E-state index contributed by atoms with van der Waals surface area (Å²) in [6, 6.07) is 19.1. The summed E-state index contributed by atoms with van der Waals surface area (Å²) >= 11 is 0. The van der Waals surface area contributed by atoms with Gasteiger partial charge < -0.3 is 19.7 Å². The molecule has 1 aromatic heterocycles. The molecular weight excluding hydrogens is 447 g/mol. The van der Waals surface area contributed by atoms with Crippen molar-refractivity contribution in [3.8, 4) is 17.2 Å². The van der Waals surface area contributed by atoms with E-state index in [0.717, 1.165) is 29.7 Å². The van der Waals surface area contributed by atoms with Gasteiger partial charge in [-0.25, -0.2) is 9.37 Å². The summed E-state index contributed by atoms with van der Waals surface area (Å²) in [5.41, 5.74) is 3.20. The van der Waals surface area contributed by atoms with Crippen LogP contribution in [0, 0.1) is 5.82 Å². The molecule has 4 aromatic rings. The van der Waals surface area contributed by atoms with Crippen LogP contribution in [0.25, 0.3) is 16.7 Å². The van der Waals surface area contributed by atoms with Gasteiger partial charge in [-0.15, -0.1) is 0 Å². The van der Waals surface area contributed by atoms with Crippen LogP contribution in [-0.2, 0) is 0 Å². The highest BCUT2D eigenvalue weighted by molar-refractivity contribution is 5.97. The molecule has 1 N–H and O–H groups in total. The molecule has 1 heterocycles. The summed E-state index contributed by atoms with van der Waals surface area (Å²) < 4.78 is 26.2. The Bertz CT molecular complexity index is 1250. The minimum absolute atomic E-state index is 0.0925. The average molecular weight is 477 g/mol. The monoisotopic (exact) mass is 476 g/mol. The van der Waals surface area contributed by atoms with Crippen molar-refractivity contribution < 1.29 is 18.7 Å². The fraction of sp³-hybridized carbons (Fsp3) is 0.259. The lowest BCUT2D eigenvalue weighted by molar-refractivity contribution is 0.0952. The molecule has 3 aromatic carbocycles. The number of benzene rings is 3. The fourth-order valence-electron chi connectivity index (χ4n) is 3.61. The highest BCUT2D eigenvalue weighted by Gasteiger charge is 2.10. The number of fused-ring (bicyclic) bond motifs is 1. The molecule has 0 radical (unpaired) electrons. The first-order valence-corrected chi connectivity index (χ1v) is 11.5. The molecule has 0 saturated heterocycles. The Labute approximate surface area is 204 Å². The molecule has 0 atom stereocenters. The van der Waals surface area contributed by atoms with Gasteiger partial charge in [-0.05, 0) is 93.8 Å². The second-order valence-electron chi connectivity index (χ2n) is 8.38. The number of amides is 1. The van der Waals surface area contributed by atoms with Crippen LogP contribution in [0.15, 0.2) is 73.1 Å². The first-order chi connectivity index (χ1) is 17.0. The lowest BCUT2D eigenvalue weighted by Gasteiger charge is -2.10. The minimum Gasteiger partial charge on any atom is -0.490 e. The maximum atomic E-state index is 12.9. The molecule has 4 rings (SSSR count). The van der Waals surface area contributed by atoms with Gasteiger partial charge in [-0.1, -0.05) is 0 Å². The zero-order chi connectivity index (χ0) is 24.6. The fourth-order valence-corrected chi connectivity index (χ4v) is 3.61. The lowest BCUT2D eigenvalue weighted by Crippen LogP contribution is -2.27. The maximum Gasteiger partial charge on any atom is 0.251 e. The highest BCUT2D eigenvalue weighted by atomic mass is 19.1. The second kappa shape index (κ2) is 11.5. The summed E-state index contributed by atoms with van der Waals surface area (Å²) in [6.45, 7) is 2.28. The molecule has 0 unspecified atom stereocenters. The van der Waals surface area contributed by atoms with Crippen molar-refractivity contribution in [2.75, 3.05) is 40.4 Å². The number of aromatic nitrogens is 2. The van der Waals surface area contributed by atoms with Crippen LogP contribution in [0.5, 0.6) is 11.5 Å². The summed E-state index contributed by atoms with van der Waals surface area (Å²) in [5.74, 6) is 0.929. The molecular formula is C27H29FN4O3. The van der Waals surface area contributed by atoms with E-state index < -0.39 is 0 Å². The predicted octanol–water partition coefficient (Wildman–Crippen LogP) is 4.30. The second-order valence-corrected chi connectivity index (χ2v) is 8.38. The topological polar surface area (TPSA) is 68.6 Å². The summed E-state index contributed by atoms with van der Waals surface area (Å²) in [4.78, 5) is 19.0. The Hall–Kier alpha value is -3.91. The van der Waals surface area contributed by atoms with Gasteiger partial charge in [0.05, 0.1) is 11.0 Å². The van der Waals surface area contributed by atoms with Gasteiger partial charge in [-0.3, -0.25) is 9.36 Å². The van der Waals surface area contributed by atoms with E-state index in [9.17, 15) is 9.18 Å². The Balaban J connectivity index is 1.32. The molecule has 0 aliphatic carbocycles. The quantitative estimate of drug-likeness (QED) is 0.327. The zero-order valence-corrected chi connectivity index (χ0v) is 19.9. The smallest absolute Gasteiger partial charge is 0.251 e. The van der Waals surface area contributed by atoms with Crippen LogP contribution in [0.2, 0.25) is 0 Å². The molecule has 182 valence electrons. The lowest BCUT2D eigenvalue weighted by atomic mass is 10.2. The van der Waals surface area contributed by atoms with Gasteiger partial charge in [0, 0.05) is 17.8 Å². The van der Waals surface area contributed by atoms with Crippen molar-refractivity contribution in [2.24, 2.45) is 0 Å². The molecule has 1 amide bonds. The number of carbonyl (C=O) groups is 1. The Morgan fingerprint density at radius 1 is 0.971 bits per heavy atom. The molecule has 0 aliphatic rings. The molecule has 35 heavy (non-hydrogen) atoms. The summed E-state index contributed by atoms with van der Waals surface area (Å²) in [6.07, 6.45) is 2.65. The van der Waals surface area contributed by atoms with Gasteiger partial charge in [0.25, 0.3) is 5.91 Å². The summed E-state index contributed by atoms with van der Waals surface area (Å²) in [7, 11) is 4.03. The normalized spacial score (nSPS) is 11.1. The molecule has 0 aliphatic heterocycles. The van der Waals surface area contributed by atoms with Crippen molar-refractivity contribution in [1.29, 1.82) is 0 Å². The van der Waals surface area contributed by atoms with Crippen LogP contribution in [0.1, 0.15) is 16.8 Å². The molecule has 8 heteroatoms. The third-order valence-corrected chi connectivity index (χ3v) is 5.43. The van der Waals surface area contributed by atoms with E-state index in [0.29, 0.717) is 36.8 Å².